The average molecular weight is 300 g/mol. The van der Waals surface area contributed by atoms with E-state index in [0.29, 0.717) is 0 Å². The number of rotatable bonds is 1. The van der Waals surface area contributed by atoms with Gasteiger partial charge in [-0.25, -0.2) is 0 Å². The van der Waals surface area contributed by atoms with Crippen LogP contribution in [0.4, 0.5) is 0 Å². The Balaban J connectivity index is 0.00000108. The van der Waals surface area contributed by atoms with Crippen molar-refractivity contribution in [3.05, 3.63) is 36.6 Å². The maximum absolute atomic E-state index is 4.44. The van der Waals surface area contributed by atoms with Gasteiger partial charge in [0, 0.05) is 5.52 Å². The van der Waals surface area contributed by atoms with Crippen molar-refractivity contribution in [1.29, 1.82) is 0 Å². The molecule has 0 aliphatic carbocycles. The summed E-state index contributed by atoms with van der Waals surface area (Å²) in [4.78, 5) is 6.82. The van der Waals surface area contributed by atoms with Gasteiger partial charge in [0.25, 0.3) is 0 Å². The molecule has 0 saturated carbocycles. The van der Waals surface area contributed by atoms with Crippen molar-refractivity contribution in [1.82, 2.24) is 14.5 Å². The fourth-order valence-electron chi connectivity index (χ4n) is 2.33. The van der Waals surface area contributed by atoms with Crippen LogP contribution in [0.25, 0.3) is 11.0 Å². The minimum atomic E-state index is 0. The number of aromatic nitrogens is 2. The molecule has 4 heteroatoms. The largest absolute Gasteiger partial charge is 1.00 e. The summed E-state index contributed by atoms with van der Waals surface area (Å²) in [6.07, 6.45) is 4.26. The van der Waals surface area contributed by atoms with Gasteiger partial charge in [0.05, 0.1) is 0 Å². The molecule has 1 aliphatic rings. The monoisotopic (exact) mass is 299 g/mol. The average Bonchev–Trinajstić information content (AvgIpc) is 2.74. The van der Waals surface area contributed by atoms with Crippen LogP contribution in [0.15, 0.2) is 30.6 Å². The van der Waals surface area contributed by atoms with Gasteiger partial charge in [0.2, 0.25) is 0 Å². The van der Waals surface area contributed by atoms with Crippen LogP contribution in [0.3, 0.4) is 0 Å². The smallest absolute Gasteiger partial charge is 0.465 e. The summed E-state index contributed by atoms with van der Waals surface area (Å²) in [5.41, 5.74) is 2.33. The van der Waals surface area contributed by atoms with Gasteiger partial charge in [-0.2, -0.15) is 0 Å². The summed E-state index contributed by atoms with van der Waals surface area (Å²) in [5, 5.41) is 0. The van der Waals surface area contributed by atoms with E-state index in [1.807, 2.05) is 12.4 Å². The Labute approximate surface area is 151 Å². The Hall–Kier alpha value is 0.325. The van der Waals surface area contributed by atoms with Gasteiger partial charge in [-0.3, -0.25) is 0 Å². The predicted octanol–water partition coefficient (Wildman–Crippen LogP) is -0.854. The molecule has 2 aromatic rings. The SMILES string of the molecule is CN1CC[C-](n2cnc3ccccc32)CC1.[Rb+]. The van der Waals surface area contributed by atoms with Crippen molar-refractivity contribution in [3.63, 3.8) is 0 Å². The van der Waals surface area contributed by atoms with Crippen LogP contribution < -0.4 is 58.2 Å². The molecule has 0 radical (unpaired) electrons. The van der Waals surface area contributed by atoms with Crippen LogP contribution in [0.2, 0.25) is 0 Å². The fourth-order valence-corrected chi connectivity index (χ4v) is 2.33. The second-order valence-electron chi connectivity index (χ2n) is 4.47. The third kappa shape index (κ3) is 2.84. The Morgan fingerprint density at radius 2 is 1.88 bits per heavy atom. The molecule has 3 nitrogen and oxygen atoms in total. The molecule has 1 fully saturated rings. The summed E-state index contributed by atoms with van der Waals surface area (Å²) in [6.45, 7) is 2.31. The van der Waals surface area contributed by atoms with Crippen LogP contribution in [0.5, 0.6) is 0 Å². The van der Waals surface area contributed by atoms with Gasteiger partial charge in [-0.05, 0) is 50.9 Å². The normalized spacial score (nSPS) is 17.1. The van der Waals surface area contributed by atoms with Crippen molar-refractivity contribution in [2.45, 2.75) is 12.8 Å². The molecule has 1 aliphatic heterocycles. The summed E-state index contributed by atoms with van der Waals surface area (Å²) >= 11 is 0. The van der Waals surface area contributed by atoms with Gasteiger partial charge in [-0.1, -0.05) is 18.2 Å². The third-order valence-corrected chi connectivity index (χ3v) is 3.36. The van der Waals surface area contributed by atoms with Crippen LogP contribution in [-0.2, 0) is 0 Å². The quantitative estimate of drug-likeness (QED) is 0.640. The molecular formula is C13H16N3Rb. The third-order valence-electron chi connectivity index (χ3n) is 3.36. The Bertz CT molecular complexity index is 486. The number of para-hydroxylation sites is 2. The van der Waals surface area contributed by atoms with E-state index in [4.69, 9.17) is 0 Å². The van der Waals surface area contributed by atoms with Gasteiger partial charge < -0.3 is 14.5 Å². The van der Waals surface area contributed by atoms with E-state index in [1.54, 1.807) is 0 Å². The van der Waals surface area contributed by atoms with Crippen LogP contribution in [-0.4, -0.2) is 34.6 Å². The molecule has 1 aromatic carbocycles. The van der Waals surface area contributed by atoms with Gasteiger partial charge >= 0.3 is 58.2 Å². The van der Waals surface area contributed by atoms with E-state index in [2.05, 4.69) is 39.7 Å². The van der Waals surface area contributed by atoms with Crippen molar-refractivity contribution in [2.75, 3.05) is 20.1 Å². The molecule has 0 N–H and O–H groups in total. The number of imidazole rings is 1. The Kier molecular flexibility index (Phi) is 4.84. The van der Waals surface area contributed by atoms with Crippen LogP contribution in [0.1, 0.15) is 12.8 Å². The molecule has 1 aromatic heterocycles. The summed E-state index contributed by atoms with van der Waals surface area (Å²) in [7, 11) is 2.18. The number of benzene rings is 1. The molecule has 2 heterocycles. The van der Waals surface area contributed by atoms with E-state index in [0.717, 1.165) is 31.4 Å². The number of fused-ring (bicyclic) bond motifs is 1. The van der Waals surface area contributed by atoms with Crippen LogP contribution in [0, 0.1) is 6.04 Å². The minimum Gasteiger partial charge on any atom is -0.465 e. The molecule has 0 amide bonds. The molecule has 17 heavy (non-hydrogen) atoms. The number of hydrogen-bond donors (Lipinski definition) is 0. The summed E-state index contributed by atoms with van der Waals surface area (Å²) < 4.78 is 2.27. The molecule has 0 bridgehead atoms. The standard InChI is InChI=1S/C13H16N3.Rb/c1-15-8-6-11(7-9-15)16-10-14-12-4-2-3-5-13(12)16;/h2-5,10H,6-9H2,1H3;/q-1;+1. The van der Waals surface area contributed by atoms with E-state index in [9.17, 15) is 0 Å². The van der Waals surface area contributed by atoms with Crippen LogP contribution >= 0.6 is 0 Å². The summed E-state index contributed by atoms with van der Waals surface area (Å²) in [6, 6.07) is 9.83. The number of nitrogens with zero attached hydrogens (tertiary/aromatic N) is 3. The minimum absolute atomic E-state index is 0. The maximum Gasteiger partial charge on any atom is 1.00 e. The fraction of sp³-hybridized carbons (Fsp3) is 0.385. The summed E-state index contributed by atoms with van der Waals surface area (Å²) in [5.74, 6) is 0. The molecule has 3 rings (SSSR count). The number of piperidine rings is 1. The maximum atomic E-state index is 4.44. The Morgan fingerprint density at radius 1 is 1.18 bits per heavy atom. The zero-order valence-electron chi connectivity index (χ0n) is 10.6. The van der Waals surface area contributed by atoms with E-state index < -0.39 is 0 Å². The second kappa shape index (κ2) is 5.98. The molecule has 0 spiro atoms. The van der Waals surface area contributed by atoms with Gasteiger partial charge in [-0.15, -0.1) is 6.04 Å². The number of hydrogen-bond acceptors (Lipinski definition) is 2. The van der Waals surface area contributed by atoms with E-state index in [1.165, 1.54) is 11.6 Å². The molecule has 1 saturated heterocycles. The molecule has 0 unspecified atom stereocenters. The first-order chi connectivity index (χ1) is 7.84. The molecule has 0 atom stereocenters. The zero-order chi connectivity index (χ0) is 11.0. The first-order valence-corrected chi connectivity index (χ1v) is 5.80. The van der Waals surface area contributed by atoms with Gasteiger partial charge in [0.1, 0.15) is 0 Å². The van der Waals surface area contributed by atoms with Crippen molar-refractivity contribution in [2.24, 2.45) is 0 Å². The van der Waals surface area contributed by atoms with E-state index in [-0.39, 0.29) is 58.2 Å². The predicted molar refractivity (Wildman–Crippen MR) is 65.1 cm³/mol. The first kappa shape index (κ1) is 13.7. The number of likely N-dealkylation sites (tertiary alicyclic amines) is 1. The second-order valence-corrected chi connectivity index (χ2v) is 4.47. The Morgan fingerprint density at radius 3 is 2.65 bits per heavy atom. The van der Waals surface area contributed by atoms with Crippen molar-refractivity contribution < 1.29 is 58.2 Å². The van der Waals surface area contributed by atoms with E-state index >= 15 is 0 Å². The topological polar surface area (TPSA) is 21.1 Å². The zero-order valence-corrected chi connectivity index (χ0v) is 15.5. The van der Waals surface area contributed by atoms with Crippen molar-refractivity contribution in [3.8, 4) is 0 Å². The first-order valence-electron chi connectivity index (χ1n) is 5.80. The van der Waals surface area contributed by atoms with Crippen molar-refractivity contribution >= 4 is 11.0 Å². The van der Waals surface area contributed by atoms with Gasteiger partial charge in [0.15, 0.2) is 0 Å². The molecular weight excluding hydrogens is 284 g/mol. The molecule has 84 valence electrons.